The fraction of sp³-hybridized carbons (Fsp3) is 0.105. The van der Waals surface area contributed by atoms with E-state index in [-0.39, 0.29) is 33.2 Å². The van der Waals surface area contributed by atoms with Gasteiger partial charge in [-0.05, 0) is 17.9 Å². The maximum Gasteiger partial charge on any atom is 0.244 e. The minimum absolute atomic E-state index is 0.0518. The fourth-order valence-corrected chi connectivity index (χ4v) is 4.78. The Labute approximate surface area is 169 Å². The zero-order valence-corrected chi connectivity index (χ0v) is 16.7. The van der Waals surface area contributed by atoms with Crippen molar-refractivity contribution < 1.29 is 17.2 Å². The number of hydrogen-bond donors (Lipinski definition) is 0. The van der Waals surface area contributed by atoms with Gasteiger partial charge in [0, 0.05) is 17.1 Å². The summed E-state index contributed by atoms with van der Waals surface area (Å²) in [5.74, 6) is -1.41. The molecular formula is C19H14F2N4O2S2. The number of fused-ring (bicyclic) bond motifs is 1. The Balaban J connectivity index is 1.91. The smallest absolute Gasteiger partial charge is 0.234 e. The van der Waals surface area contributed by atoms with E-state index in [1.54, 1.807) is 36.6 Å². The maximum absolute atomic E-state index is 13.9. The standard InChI is InChI=1S/C19H14F2N4O2S2/c1-28-19-16(21)9-22-17(24-19)15-10-25(18-14(15)7-13(20)8-23-18)29(26,27)11-12-5-3-2-4-6-12/h2-10H,11H2,1H3. The second kappa shape index (κ2) is 7.53. The SMILES string of the molecule is CSc1nc(-c2cn(S(=O)(=O)Cc3ccccc3)c3ncc(F)cc23)ncc1F. The van der Waals surface area contributed by atoms with Crippen LogP contribution in [0.25, 0.3) is 22.4 Å². The molecular weight excluding hydrogens is 418 g/mol. The number of hydrogen-bond acceptors (Lipinski definition) is 6. The first-order valence-electron chi connectivity index (χ1n) is 8.40. The minimum atomic E-state index is -3.87. The minimum Gasteiger partial charge on any atom is -0.234 e. The zero-order chi connectivity index (χ0) is 20.6. The highest BCUT2D eigenvalue weighted by Crippen LogP contribution is 2.31. The first-order chi connectivity index (χ1) is 13.9. The van der Waals surface area contributed by atoms with E-state index in [9.17, 15) is 17.2 Å². The van der Waals surface area contributed by atoms with Gasteiger partial charge in [0.25, 0.3) is 0 Å². The Hall–Kier alpha value is -2.85. The summed E-state index contributed by atoms with van der Waals surface area (Å²) in [6.45, 7) is 0. The van der Waals surface area contributed by atoms with Crippen LogP contribution >= 0.6 is 11.8 Å². The molecule has 0 aliphatic rings. The van der Waals surface area contributed by atoms with E-state index in [1.165, 1.54) is 6.20 Å². The molecule has 0 aliphatic heterocycles. The van der Waals surface area contributed by atoms with Crippen LogP contribution < -0.4 is 0 Å². The Morgan fingerprint density at radius 1 is 1.10 bits per heavy atom. The molecule has 0 saturated heterocycles. The molecule has 0 aliphatic carbocycles. The van der Waals surface area contributed by atoms with Crippen molar-refractivity contribution in [3.05, 3.63) is 72.2 Å². The second-order valence-electron chi connectivity index (χ2n) is 6.16. The monoisotopic (exact) mass is 432 g/mol. The van der Waals surface area contributed by atoms with Crippen molar-refractivity contribution in [1.82, 2.24) is 18.9 Å². The molecule has 4 aromatic rings. The summed E-state index contributed by atoms with van der Waals surface area (Å²) in [5.41, 5.74) is 0.899. The molecule has 0 spiro atoms. The zero-order valence-electron chi connectivity index (χ0n) is 15.1. The van der Waals surface area contributed by atoms with Gasteiger partial charge in [-0.2, -0.15) is 0 Å². The third-order valence-corrected chi connectivity index (χ3v) is 6.47. The van der Waals surface area contributed by atoms with Crippen LogP contribution in [0, 0.1) is 11.6 Å². The molecule has 0 bridgehead atoms. The summed E-state index contributed by atoms with van der Waals surface area (Å²) >= 11 is 1.09. The highest BCUT2D eigenvalue weighted by molar-refractivity contribution is 7.98. The Morgan fingerprint density at radius 2 is 1.86 bits per heavy atom. The highest BCUT2D eigenvalue weighted by Gasteiger charge is 2.23. The first kappa shape index (κ1) is 19.5. The average Bonchev–Trinajstić information content (AvgIpc) is 3.08. The van der Waals surface area contributed by atoms with Gasteiger partial charge in [0.2, 0.25) is 10.0 Å². The molecule has 0 unspecified atom stereocenters. The van der Waals surface area contributed by atoms with E-state index < -0.39 is 21.7 Å². The molecule has 0 fully saturated rings. The highest BCUT2D eigenvalue weighted by atomic mass is 32.2. The van der Waals surface area contributed by atoms with Crippen LogP contribution in [-0.2, 0) is 15.8 Å². The normalized spacial score (nSPS) is 11.8. The molecule has 3 heterocycles. The summed E-state index contributed by atoms with van der Waals surface area (Å²) in [7, 11) is -3.87. The summed E-state index contributed by atoms with van der Waals surface area (Å²) in [4.78, 5) is 12.1. The summed E-state index contributed by atoms with van der Waals surface area (Å²) in [6.07, 6.45) is 4.90. The van der Waals surface area contributed by atoms with E-state index in [0.717, 1.165) is 34.2 Å². The molecule has 0 radical (unpaired) electrons. The number of benzene rings is 1. The topological polar surface area (TPSA) is 77.7 Å². The number of rotatable bonds is 5. The molecule has 4 rings (SSSR count). The van der Waals surface area contributed by atoms with Gasteiger partial charge in [0.15, 0.2) is 17.3 Å². The molecule has 6 nitrogen and oxygen atoms in total. The summed E-state index contributed by atoms with van der Waals surface area (Å²) in [5, 5.41) is 0.327. The van der Waals surface area contributed by atoms with Gasteiger partial charge < -0.3 is 0 Å². The number of nitrogens with zero attached hydrogens (tertiary/aromatic N) is 4. The van der Waals surface area contributed by atoms with Crippen LogP contribution in [0.1, 0.15) is 5.56 Å². The maximum atomic E-state index is 13.9. The Morgan fingerprint density at radius 3 is 2.59 bits per heavy atom. The van der Waals surface area contributed by atoms with Crippen molar-refractivity contribution in [2.24, 2.45) is 0 Å². The van der Waals surface area contributed by atoms with Crippen molar-refractivity contribution in [3.63, 3.8) is 0 Å². The molecule has 0 N–H and O–H groups in total. The van der Waals surface area contributed by atoms with Gasteiger partial charge in [0.05, 0.1) is 18.1 Å². The predicted molar refractivity (Wildman–Crippen MR) is 107 cm³/mol. The van der Waals surface area contributed by atoms with Gasteiger partial charge in [-0.1, -0.05) is 30.3 Å². The Kier molecular flexibility index (Phi) is 5.05. The number of pyridine rings is 1. The summed E-state index contributed by atoms with van der Waals surface area (Å²) < 4.78 is 54.7. The molecule has 148 valence electrons. The van der Waals surface area contributed by atoms with Gasteiger partial charge in [0.1, 0.15) is 10.8 Å². The van der Waals surface area contributed by atoms with E-state index in [4.69, 9.17) is 0 Å². The second-order valence-corrected chi connectivity index (χ2v) is 8.80. The lowest BCUT2D eigenvalue weighted by atomic mass is 10.2. The third-order valence-electron chi connectivity index (χ3n) is 4.22. The lowest BCUT2D eigenvalue weighted by Gasteiger charge is -2.06. The number of aromatic nitrogens is 4. The quantitative estimate of drug-likeness (QED) is 0.352. The van der Waals surface area contributed by atoms with Crippen molar-refractivity contribution >= 4 is 32.8 Å². The Bertz CT molecular complexity index is 1310. The van der Waals surface area contributed by atoms with Crippen LogP contribution in [0.4, 0.5) is 8.78 Å². The van der Waals surface area contributed by atoms with E-state index in [2.05, 4.69) is 15.0 Å². The molecule has 0 atom stereocenters. The predicted octanol–water partition coefficient (Wildman–Crippen LogP) is 3.87. The summed E-state index contributed by atoms with van der Waals surface area (Å²) in [6, 6.07) is 9.84. The van der Waals surface area contributed by atoms with Crippen molar-refractivity contribution in [2.45, 2.75) is 10.8 Å². The lowest BCUT2D eigenvalue weighted by Crippen LogP contribution is -2.14. The van der Waals surface area contributed by atoms with E-state index >= 15 is 0 Å². The van der Waals surface area contributed by atoms with Crippen molar-refractivity contribution in [3.8, 4) is 11.4 Å². The number of halogens is 2. The number of thioether (sulfide) groups is 1. The largest absolute Gasteiger partial charge is 0.244 e. The van der Waals surface area contributed by atoms with Crippen LogP contribution in [-0.4, -0.2) is 33.6 Å². The van der Waals surface area contributed by atoms with Crippen LogP contribution in [0.5, 0.6) is 0 Å². The van der Waals surface area contributed by atoms with Crippen LogP contribution in [0.15, 0.2) is 60.0 Å². The van der Waals surface area contributed by atoms with Crippen molar-refractivity contribution in [2.75, 3.05) is 6.26 Å². The average molecular weight is 432 g/mol. The first-order valence-corrected chi connectivity index (χ1v) is 11.2. The van der Waals surface area contributed by atoms with E-state index in [1.807, 2.05) is 0 Å². The van der Waals surface area contributed by atoms with Crippen LogP contribution in [0.3, 0.4) is 0 Å². The van der Waals surface area contributed by atoms with Gasteiger partial charge >= 0.3 is 0 Å². The molecule has 0 amide bonds. The molecule has 1 aromatic carbocycles. The van der Waals surface area contributed by atoms with E-state index in [0.29, 0.717) is 5.56 Å². The van der Waals surface area contributed by atoms with Crippen molar-refractivity contribution in [1.29, 1.82) is 0 Å². The van der Waals surface area contributed by atoms with Gasteiger partial charge in [-0.25, -0.2) is 36.1 Å². The molecule has 29 heavy (non-hydrogen) atoms. The van der Waals surface area contributed by atoms with Gasteiger partial charge in [-0.15, -0.1) is 11.8 Å². The molecule has 0 saturated carbocycles. The fourth-order valence-electron chi connectivity index (χ4n) is 2.92. The molecule has 10 heteroatoms. The van der Waals surface area contributed by atoms with Gasteiger partial charge in [-0.3, -0.25) is 0 Å². The van der Waals surface area contributed by atoms with Crippen LogP contribution in [0.2, 0.25) is 0 Å². The third kappa shape index (κ3) is 3.73. The molecule has 3 aromatic heterocycles. The lowest BCUT2D eigenvalue weighted by molar-refractivity contribution is 0.580.